The van der Waals surface area contributed by atoms with Crippen molar-refractivity contribution in [3.8, 4) is 0 Å². The third kappa shape index (κ3) is 7.12. The molecule has 27 heavy (non-hydrogen) atoms. The summed E-state index contributed by atoms with van der Waals surface area (Å²) in [7, 11) is 0. The van der Waals surface area contributed by atoms with Gasteiger partial charge in [0.2, 0.25) is 0 Å². The number of amides is 2. The molecule has 0 heterocycles. The molecule has 0 aliphatic heterocycles. The molecule has 7 heteroatoms. The van der Waals surface area contributed by atoms with E-state index in [4.69, 9.17) is 27.9 Å². The van der Waals surface area contributed by atoms with E-state index in [-0.39, 0.29) is 0 Å². The number of esters is 1. The van der Waals surface area contributed by atoms with E-state index in [2.05, 4.69) is 10.6 Å². The largest absolute Gasteiger partial charge is 0.458 e. The Hall–Kier alpha value is -2.24. The summed E-state index contributed by atoms with van der Waals surface area (Å²) in [5.41, 5.74) is 0.628. The quantitative estimate of drug-likeness (QED) is 0.678. The minimum absolute atomic E-state index is 0.300. The van der Waals surface area contributed by atoms with Crippen LogP contribution in [0.5, 0.6) is 0 Å². The maximum absolute atomic E-state index is 12.6. The first kappa shape index (κ1) is 21.1. The van der Waals surface area contributed by atoms with Gasteiger partial charge in [0.05, 0.1) is 10.7 Å². The Kier molecular flexibility index (Phi) is 7.11. The van der Waals surface area contributed by atoms with Crippen molar-refractivity contribution in [1.29, 1.82) is 0 Å². The highest BCUT2D eigenvalue weighted by Gasteiger charge is 2.27. The lowest BCUT2D eigenvalue weighted by atomic mass is 10.1. The van der Waals surface area contributed by atoms with Crippen LogP contribution in [0.25, 0.3) is 0 Å². The number of carbonyl (C=O) groups excluding carboxylic acids is 2. The maximum Gasteiger partial charge on any atom is 0.329 e. The monoisotopic (exact) mass is 408 g/mol. The van der Waals surface area contributed by atoms with Crippen molar-refractivity contribution in [2.75, 3.05) is 5.32 Å². The Labute approximate surface area is 169 Å². The molecule has 0 unspecified atom stereocenters. The fourth-order valence-electron chi connectivity index (χ4n) is 2.32. The molecule has 0 radical (unpaired) electrons. The van der Waals surface area contributed by atoms with Crippen LogP contribution >= 0.6 is 23.2 Å². The Balaban J connectivity index is 2.12. The molecule has 0 saturated carbocycles. The van der Waals surface area contributed by atoms with Crippen LogP contribution in [0.2, 0.25) is 10.0 Å². The molecule has 0 aliphatic carbocycles. The fourth-order valence-corrected chi connectivity index (χ4v) is 2.78. The predicted molar refractivity (Wildman–Crippen MR) is 108 cm³/mol. The van der Waals surface area contributed by atoms with E-state index in [0.717, 1.165) is 5.56 Å². The SMILES string of the molecule is CC(C)(C)OC(=O)[C@H](Cc1ccccc1)NC(=O)Nc1ccc(Cl)cc1Cl. The molecule has 5 nitrogen and oxygen atoms in total. The van der Waals surface area contributed by atoms with Crippen molar-refractivity contribution in [3.05, 3.63) is 64.1 Å². The van der Waals surface area contributed by atoms with E-state index < -0.39 is 23.6 Å². The van der Waals surface area contributed by atoms with E-state index >= 15 is 0 Å². The second-order valence-electron chi connectivity index (χ2n) is 7.00. The number of hydrogen-bond acceptors (Lipinski definition) is 3. The van der Waals surface area contributed by atoms with Gasteiger partial charge in [-0.25, -0.2) is 9.59 Å². The lowest BCUT2D eigenvalue weighted by Gasteiger charge is -2.25. The number of ether oxygens (including phenoxy) is 1. The van der Waals surface area contributed by atoms with Gasteiger partial charge in [0, 0.05) is 11.4 Å². The van der Waals surface area contributed by atoms with Gasteiger partial charge < -0.3 is 15.4 Å². The number of urea groups is 1. The molecule has 0 fully saturated rings. The topological polar surface area (TPSA) is 67.4 Å². The lowest BCUT2D eigenvalue weighted by molar-refractivity contribution is -0.157. The molecule has 144 valence electrons. The van der Waals surface area contributed by atoms with E-state index in [9.17, 15) is 9.59 Å². The molecule has 2 amide bonds. The van der Waals surface area contributed by atoms with E-state index in [1.54, 1.807) is 32.9 Å². The number of nitrogens with one attached hydrogen (secondary N) is 2. The lowest BCUT2D eigenvalue weighted by Crippen LogP contribution is -2.47. The van der Waals surface area contributed by atoms with Crippen LogP contribution in [0.4, 0.5) is 10.5 Å². The van der Waals surface area contributed by atoms with Crippen LogP contribution in [0.1, 0.15) is 26.3 Å². The third-order valence-corrected chi connectivity index (χ3v) is 4.01. The van der Waals surface area contributed by atoms with Gasteiger partial charge in [0.1, 0.15) is 11.6 Å². The molecule has 0 aromatic heterocycles. The van der Waals surface area contributed by atoms with Crippen LogP contribution in [-0.4, -0.2) is 23.6 Å². The number of hydrogen-bond donors (Lipinski definition) is 2. The summed E-state index contributed by atoms with van der Waals surface area (Å²) in [4.78, 5) is 25.0. The van der Waals surface area contributed by atoms with Gasteiger partial charge in [0.15, 0.2) is 0 Å². The number of halogens is 2. The van der Waals surface area contributed by atoms with Gasteiger partial charge >= 0.3 is 12.0 Å². The first-order valence-electron chi connectivity index (χ1n) is 8.43. The summed E-state index contributed by atoms with van der Waals surface area (Å²) >= 11 is 11.9. The standard InChI is InChI=1S/C20H22Cl2N2O3/c1-20(2,3)27-18(25)17(11-13-7-5-4-6-8-13)24-19(26)23-16-10-9-14(21)12-15(16)22/h4-10,12,17H,11H2,1-3H3,(H2,23,24,26)/t17-/m0/s1. The van der Waals surface area contributed by atoms with Crippen molar-refractivity contribution in [2.24, 2.45) is 0 Å². The molecule has 2 aromatic rings. The second kappa shape index (κ2) is 9.11. The van der Waals surface area contributed by atoms with Crippen LogP contribution in [0.15, 0.2) is 48.5 Å². The Morgan fingerprint density at radius 2 is 1.74 bits per heavy atom. The molecule has 0 aliphatic rings. The minimum Gasteiger partial charge on any atom is -0.458 e. The highest BCUT2D eigenvalue weighted by molar-refractivity contribution is 6.36. The molecule has 2 rings (SSSR count). The number of rotatable bonds is 5. The summed E-state index contributed by atoms with van der Waals surface area (Å²) in [5, 5.41) is 6.05. The molecule has 0 saturated heterocycles. The molecule has 2 aromatic carbocycles. The molecular weight excluding hydrogens is 387 g/mol. The molecule has 0 bridgehead atoms. The van der Waals surface area contributed by atoms with Crippen molar-refractivity contribution < 1.29 is 14.3 Å². The third-order valence-electron chi connectivity index (χ3n) is 3.46. The molecule has 2 N–H and O–H groups in total. The van der Waals surface area contributed by atoms with E-state index in [0.29, 0.717) is 22.2 Å². The average molecular weight is 409 g/mol. The summed E-state index contributed by atoms with van der Waals surface area (Å²) in [5.74, 6) is -0.510. The minimum atomic E-state index is -0.849. The summed E-state index contributed by atoms with van der Waals surface area (Å²) < 4.78 is 5.44. The smallest absolute Gasteiger partial charge is 0.329 e. The van der Waals surface area contributed by atoms with Gasteiger partial charge in [-0.1, -0.05) is 53.5 Å². The number of carbonyl (C=O) groups is 2. The second-order valence-corrected chi connectivity index (χ2v) is 7.84. The highest BCUT2D eigenvalue weighted by Crippen LogP contribution is 2.25. The van der Waals surface area contributed by atoms with Gasteiger partial charge in [-0.15, -0.1) is 0 Å². The number of benzene rings is 2. The number of anilines is 1. The molecular formula is C20H22Cl2N2O3. The zero-order valence-electron chi connectivity index (χ0n) is 15.4. The highest BCUT2D eigenvalue weighted by atomic mass is 35.5. The van der Waals surface area contributed by atoms with Crippen molar-refractivity contribution in [3.63, 3.8) is 0 Å². The van der Waals surface area contributed by atoms with Crippen LogP contribution in [-0.2, 0) is 16.0 Å². The maximum atomic E-state index is 12.6. The predicted octanol–water partition coefficient (Wildman–Crippen LogP) is 5.07. The average Bonchev–Trinajstić information content (AvgIpc) is 2.56. The van der Waals surface area contributed by atoms with Crippen molar-refractivity contribution >= 4 is 40.9 Å². The fraction of sp³-hybridized carbons (Fsp3) is 0.300. The summed E-state index contributed by atoms with van der Waals surface area (Å²) in [6, 6.07) is 12.7. The first-order chi connectivity index (χ1) is 12.6. The van der Waals surface area contributed by atoms with Gasteiger partial charge in [-0.05, 0) is 44.5 Å². The van der Waals surface area contributed by atoms with Crippen LogP contribution in [0.3, 0.4) is 0 Å². The van der Waals surface area contributed by atoms with E-state index in [1.165, 1.54) is 6.07 Å². The van der Waals surface area contributed by atoms with Gasteiger partial charge in [0.25, 0.3) is 0 Å². The zero-order valence-corrected chi connectivity index (χ0v) is 16.9. The van der Waals surface area contributed by atoms with Crippen LogP contribution < -0.4 is 10.6 Å². The van der Waals surface area contributed by atoms with Crippen LogP contribution in [0, 0.1) is 0 Å². The Morgan fingerprint density at radius 3 is 2.33 bits per heavy atom. The zero-order chi connectivity index (χ0) is 20.0. The first-order valence-corrected chi connectivity index (χ1v) is 9.19. The Bertz CT molecular complexity index is 805. The van der Waals surface area contributed by atoms with E-state index in [1.807, 2.05) is 30.3 Å². The summed E-state index contributed by atoms with van der Waals surface area (Å²) in [6.45, 7) is 5.33. The normalized spacial score (nSPS) is 12.2. The van der Waals surface area contributed by atoms with Gasteiger partial charge in [-0.3, -0.25) is 0 Å². The van der Waals surface area contributed by atoms with Gasteiger partial charge in [-0.2, -0.15) is 0 Å². The van der Waals surface area contributed by atoms with Crippen molar-refractivity contribution in [2.45, 2.75) is 38.8 Å². The van der Waals surface area contributed by atoms with Crippen molar-refractivity contribution in [1.82, 2.24) is 5.32 Å². The molecule has 0 spiro atoms. The molecule has 1 atom stereocenters. The Morgan fingerprint density at radius 1 is 1.07 bits per heavy atom. The summed E-state index contributed by atoms with van der Waals surface area (Å²) in [6.07, 6.45) is 0.303.